The SMILES string of the molecule is CNc1c(NC(C)C)[nH]c(N)cc1=O. The molecule has 1 heterocycles. The van der Waals surface area contributed by atoms with Crippen LogP contribution in [-0.2, 0) is 0 Å². The first kappa shape index (κ1) is 10.4. The van der Waals surface area contributed by atoms with E-state index in [1.807, 2.05) is 13.8 Å². The first-order valence-corrected chi connectivity index (χ1v) is 4.51. The van der Waals surface area contributed by atoms with Gasteiger partial charge in [0.1, 0.15) is 17.3 Å². The number of aromatic amines is 1. The molecule has 0 amide bonds. The van der Waals surface area contributed by atoms with Crippen molar-refractivity contribution in [2.45, 2.75) is 19.9 Å². The topological polar surface area (TPSA) is 82.9 Å². The standard InChI is InChI=1S/C9H16N4O/c1-5(2)12-9-8(11-3)6(14)4-7(10)13-9/h4-5,11H,1-3H3,(H4,10,12,13,14). The first-order valence-electron chi connectivity index (χ1n) is 4.51. The normalized spacial score (nSPS) is 10.3. The third-order valence-electron chi connectivity index (χ3n) is 1.74. The molecule has 0 bridgehead atoms. The van der Waals surface area contributed by atoms with E-state index in [0.29, 0.717) is 17.3 Å². The van der Waals surface area contributed by atoms with Crippen molar-refractivity contribution in [3.63, 3.8) is 0 Å². The predicted octanol–water partition coefficient (Wildman–Crippen LogP) is 0.819. The summed E-state index contributed by atoms with van der Waals surface area (Å²) >= 11 is 0. The summed E-state index contributed by atoms with van der Waals surface area (Å²) in [5.74, 6) is 0.990. The number of H-pyrrole nitrogens is 1. The van der Waals surface area contributed by atoms with Crippen molar-refractivity contribution in [3.8, 4) is 0 Å². The van der Waals surface area contributed by atoms with E-state index in [9.17, 15) is 4.79 Å². The lowest BCUT2D eigenvalue weighted by Gasteiger charge is -2.14. The van der Waals surface area contributed by atoms with E-state index < -0.39 is 0 Å². The molecule has 0 radical (unpaired) electrons. The molecule has 1 rings (SSSR count). The Kier molecular flexibility index (Phi) is 3.01. The molecule has 1 aromatic heterocycles. The van der Waals surface area contributed by atoms with Crippen LogP contribution >= 0.6 is 0 Å². The van der Waals surface area contributed by atoms with Crippen molar-refractivity contribution in [3.05, 3.63) is 16.3 Å². The predicted molar refractivity (Wildman–Crippen MR) is 59.8 cm³/mol. The number of nitrogens with one attached hydrogen (secondary N) is 3. The van der Waals surface area contributed by atoms with Crippen LogP contribution in [0.3, 0.4) is 0 Å². The van der Waals surface area contributed by atoms with Gasteiger partial charge in [0.2, 0.25) is 5.43 Å². The maximum atomic E-state index is 11.5. The Hall–Kier alpha value is -1.65. The largest absolute Gasteiger partial charge is 0.385 e. The maximum Gasteiger partial charge on any atom is 0.208 e. The van der Waals surface area contributed by atoms with Crippen LogP contribution in [-0.4, -0.2) is 18.1 Å². The smallest absolute Gasteiger partial charge is 0.208 e. The Morgan fingerprint density at radius 3 is 2.64 bits per heavy atom. The molecule has 1 aromatic rings. The number of hydrogen-bond acceptors (Lipinski definition) is 4. The Bertz CT molecular complexity index is 370. The molecule has 5 nitrogen and oxygen atoms in total. The van der Waals surface area contributed by atoms with Gasteiger partial charge in [-0.15, -0.1) is 0 Å². The van der Waals surface area contributed by atoms with Crippen LogP contribution in [0.2, 0.25) is 0 Å². The summed E-state index contributed by atoms with van der Waals surface area (Å²) in [5.41, 5.74) is 5.92. The second-order valence-electron chi connectivity index (χ2n) is 3.39. The number of anilines is 3. The van der Waals surface area contributed by atoms with E-state index in [1.54, 1.807) is 7.05 Å². The lowest BCUT2D eigenvalue weighted by Crippen LogP contribution is -2.18. The van der Waals surface area contributed by atoms with E-state index in [-0.39, 0.29) is 11.5 Å². The summed E-state index contributed by atoms with van der Waals surface area (Å²) in [6.45, 7) is 3.97. The van der Waals surface area contributed by atoms with Crippen LogP contribution in [0.15, 0.2) is 10.9 Å². The highest BCUT2D eigenvalue weighted by atomic mass is 16.1. The molecular formula is C9H16N4O. The fourth-order valence-electron chi connectivity index (χ4n) is 1.22. The van der Waals surface area contributed by atoms with Crippen molar-refractivity contribution in [1.29, 1.82) is 0 Å². The van der Waals surface area contributed by atoms with E-state index in [0.717, 1.165) is 0 Å². The lowest BCUT2D eigenvalue weighted by molar-refractivity contribution is 0.890. The number of nitrogens with two attached hydrogens (primary N) is 1. The molecular weight excluding hydrogens is 180 g/mol. The average molecular weight is 196 g/mol. The minimum absolute atomic E-state index is 0.119. The van der Waals surface area contributed by atoms with Crippen molar-refractivity contribution in [2.75, 3.05) is 23.4 Å². The average Bonchev–Trinajstić information content (AvgIpc) is 2.01. The zero-order valence-corrected chi connectivity index (χ0v) is 8.64. The van der Waals surface area contributed by atoms with E-state index in [2.05, 4.69) is 15.6 Å². The van der Waals surface area contributed by atoms with Crippen molar-refractivity contribution in [1.82, 2.24) is 4.98 Å². The van der Waals surface area contributed by atoms with Gasteiger partial charge in [-0.2, -0.15) is 0 Å². The van der Waals surface area contributed by atoms with Gasteiger partial charge in [0.15, 0.2) is 0 Å². The zero-order chi connectivity index (χ0) is 10.7. The number of nitrogen functional groups attached to an aromatic ring is 1. The molecule has 78 valence electrons. The summed E-state index contributed by atoms with van der Waals surface area (Å²) in [6, 6.07) is 1.59. The molecule has 0 fully saturated rings. The molecule has 0 aliphatic carbocycles. The fraction of sp³-hybridized carbons (Fsp3) is 0.444. The quantitative estimate of drug-likeness (QED) is 0.576. The minimum atomic E-state index is -0.119. The van der Waals surface area contributed by atoms with Gasteiger partial charge in [-0.1, -0.05) is 0 Å². The molecule has 5 heteroatoms. The maximum absolute atomic E-state index is 11.5. The Morgan fingerprint density at radius 1 is 1.50 bits per heavy atom. The molecule has 0 unspecified atom stereocenters. The number of pyridine rings is 1. The van der Waals surface area contributed by atoms with Crippen LogP contribution in [0.4, 0.5) is 17.3 Å². The third-order valence-corrected chi connectivity index (χ3v) is 1.74. The van der Waals surface area contributed by atoms with Gasteiger partial charge in [0.25, 0.3) is 0 Å². The van der Waals surface area contributed by atoms with Crippen LogP contribution < -0.4 is 21.8 Å². The molecule has 0 atom stereocenters. The Labute approximate surface area is 82.7 Å². The molecule has 5 N–H and O–H groups in total. The second kappa shape index (κ2) is 4.04. The van der Waals surface area contributed by atoms with Crippen LogP contribution in [0.5, 0.6) is 0 Å². The molecule has 0 aliphatic rings. The summed E-state index contributed by atoms with van der Waals surface area (Å²) in [6.07, 6.45) is 0. The monoisotopic (exact) mass is 196 g/mol. The van der Waals surface area contributed by atoms with Gasteiger partial charge in [-0.05, 0) is 13.8 Å². The Balaban J connectivity index is 3.18. The zero-order valence-electron chi connectivity index (χ0n) is 8.64. The molecule has 0 spiro atoms. The molecule has 0 saturated carbocycles. The molecule has 0 aromatic carbocycles. The van der Waals surface area contributed by atoms with E-state index >= 15 is 0 Å². The van der Waals surface area contributed by atoms with Gasteiger partial charge in [0, 0.05) is 19.2 Å². The fourth-order valence-corrected chi connectivity index (χ4v) is 1.22. The second-order valence-corrected chi connectivity index (χ2v) is 3.39. The first-order chi connectivity index (χ1) is 6.54. The number of rotatable bonds is 3. The van der Waals surface area contributed by atoms with Gasteiger partial charge in [0.05, 0.1) is 0 Å². The van der Waals surface area contributed by atoms with Crippen molar-refractivity contribution >= 4 is 17.3 Å². The van der Waals surface area contributed by atoms with Crippen LogP contribution in [0.1, 0.15) is 13.8 Å². The summed E-state index contributed by atoms with van der Waals surface area (Å²) < 4.78 is 0. The summed E-state index contributed by atoms with van der Waals surface area (Å²) in [4.78, 5) is 14.4. The third kappa shape index (κ3) is 2.18. The van der Waals surface area contributed by atoms with Crippen LogP contribution in [0.25, 0.3) is 0 Å². The molecule has 14 heavy (non-hydrogen) atoms. The Morgan fingerprint density at radius 2 is 2.14 bits per heavy atom. The number of aromatic nitrogens is 1. The van der Waals surface area contributed by atoms with Gasteiger partial charge in [-0.25, -0.2) is 0 Å². The van der Waals surface area contributed by atoms with Gasteiger partial charge in [-0.3, -0.25) is 4.79 Å². The van der Waals surface area contributed by atoms with E-state index in [4.69, 9.17) is 5.73 Å². The highest BCUT2D eigenvalue weighted by Gasteiger charge is 2.07. The summed E-state index contributed by atoms with van der Waals surface area (Å²) in [5, 5.41) is 5.94. The highest BCUT2D eigenvalue weighted by molar-refractivity contribution is 5.66. The molecule has 0 saturated heterocycles. The van der Waals surface area contributed by atoms with Crippen molar-refractivity contribution < 1.29 is 0 Å². The number of hydrogen-bond donors (Lipinski definition) is 4. The van der Waals surface area contributed by atoms with Gasteiger partial charge < -0.3 is 21.4 Å². The van der Waals surface area contributed by atoms with Crippen LogP contribution in [0, 0.1) is 0 Å². The van der Waals surface area contributed by atoms with Gasteiger partial charge >= 0.3 is 0 Å². The summed E-state index contributed by atoms with van der Waals surface area (Å²) in [7, 11) is 1.70. The lowest BCUT2D eigenvalue weighted by atomic mass is 10.3. The molecule has 0 aliphatic heterocycles. The van der Waals surface area contributed by atoms with E-state index in [1.165, 1.54) is 6.07 Å². The minimum Gasteiger partial charge on any atom is -0.385 e. The highest BCUT2D eigenvalue weighted by Crippen LogP contribution is 2.15. The van der Waals surface area contributed by atoms with Crippen molar-refractivity contribution in [2.24, 2.45) is 0 Å².